The number of amides is 1. The summed E-state index contributed by atoms with van der Waals surface area (Å²) in [5, 5.41) is 23.6. The maximum Gasteiger partial charge on any atom is 0.274 e. The van der Waals surface area contributed by atoms with E-state index < -0.39 is 4.92 Å². The number of aromatic nitrogens is 3. The van der Waals surface area contributed by atoms with Crippen molar-refractivity contribution >= 4 is 52.2 Å². The standard InChI is InChI=1S/C19H17Cl2N5O3S/c1-3-25-18(14-7-5-12(20)8-15(14)21)23-24-19(25)30-10-17(27)22-13-6-4-11(2)16(9-13)26(28)29/h4-9H,3,10H2,1-2H3,(H,22,27). The summed E-state index contributed by atoms with van der Waals surface area (Å²) in [5.41, 5.74) is 1.54. The number of nitrogens with zero attached hydrogens (tertiary/aromatic N) is 4. The van der Waals surface area contributed by atoms with Crippen LogP contribution in [-0.2, 0) is 11.3 Å². The zero-order valence-electron chi connectivity index (χ0n) is 16.1. The van der Waals surface area contributed by atoms with Gasteiger partial charge in [0.2, 0.25) is 5.91 Å². The molecule has 0 fully saturated rings. The van der Waals surface area contributed by atoms with Crippen LogP contribution in [0.3, 0.4) is 0 Å². The van der Waals surface area contributed by atoms with Crippen molar-refractivity contribution < 1.29 is 9.72 Å². The van der Waals surface area contributed by atoms with E-state index in [1.807, 2.05) is 11.5 Å². The lowest BCUT2D eigenvalue weighted by atomic mass is 10.2. The SMILES string of the molecule is CCn1c(SCC(=O)Nc2ccc(C)c([N+](=O)[O-])c2)nnc1-c1ccc(Cl)cc1Cl. The van der Waals surface area contributed by atoms with Crippen LogP contribution in [0.4, 0.5) is 11.4 Å². The first-order chi connectivity index (χ1) is 14.3. The maximum atomic E-state index is 12.3. The molecule has 0 saturated carbocycles. The van der Waals surface area contributed by atoms with Gasteiger partial charge in [0.05, 0.1) is 15.7 Å². The molecule has 30 heavy (non-hydrogen) atoms. The molecule has 0 saturated heterocycles. The zero-order valence-corrected chi connectivity index (χ0v) is 18.4. The minimum Gasteiger partial charge on any atom is -0.325 e. The predicted octanol–water partition coefficient (Wildman–Crippen LogP) is 5.22. The molecular weight excluding hydrogens is 449 g/mol. The number of hydrogen-bond acceptors (Lipinski definition) is 6. The Bertz CT molecular complexity index is 1120. The third kappa shape index (κ3) is 4.92. The van der Waals surface area contributed by atoms with Crippen LogP contribution in [0.15, 0.2) is 41.6 Å². The second kappa shape index (κ2) is 9.46. The van der Waals surface area contributed by atoms with E-state index in [-0.39, 0.29) is 17.3 Å². The average Bonchev–Trinajstić information content (AvgIpc) is 3.10. The zero-order chi connectivity index (χ0) is 21.8. The van der Waals surface area contributed by atoms with Gasteiger partial charge in [-0.05, 0) is 38.1 Å². The molecule has 0 atom stereocenters. The molecule has 0 spiro atoms. The minimum absolute atomic E-state index is 0.0457. The Balaban J connectivity index is 1.72. The highest BCUT2D eigenvalue weighted by Crippen LogP contribution is 2.31. The first-order valence-corrected chi connectivity index (χ1v) is 10.6. The van der Waals surface area contributed by atoms with Gasteiger partial charge in [0.25, 0.3) is 5.69 Å². The van der Waals surface area contributed by atoms with E-state index in [0.717, 1.165) is 0 Å². The number of carbonyl (C=O) groups excluding carboxylic acids is 1. The van der Waals surface area contributed by atoms with Crippen molar-refractivity contribution in [2.75, 3.05) is 11.1 Å². The van der Waals surface area contributed by atoms with Crippen molar-refractivity contribution in [1.82, 2.24) is 14.8 Å². The second-order valence-corrected chi connectivity index (χ2v) is 8.06. The molecule has 2 aromatic carbocycles. The molecule has 1 aromatic heterocycles. The van der Waals surface area contributed by atoms with Crippen molar-refractivity contribution in [3.8, 4) is 11.4 Å². The van der Waals surface area contributed by atoms with E-state index in [2.05, 4.69) is 15.5 Å². The van der Waals surface area contributed by atoms with Gasteiger partial charge in [-0.25, -0.2) is 0 Å². The van der Waals surface area contributed by atoms with Gasteiger partial charge in [-0.15, -0.1) is 10.2 Å². The molecule has 156 valence electrons. The minimum atomic E-state index is -0.479. The molecular formula is C19H17Cl2N5O3S. The lowest BCUT2D eigenvalue weighted by Crippen LogP contribution is -2.15. The summed E-state index contributed by atoms with van der Waals surface area (Å²) in [6.07, 6.45) is 0. The van der Waals surface area contributed by atoms with Gasteiger partial charge >= 0.3 is 0 Å². The van der Waals surface area contributed by atoms with E-state index in [9.17, 15) is 14.9 Å². The van der Waals surface area contributed by atoms with E-state index >= 15 is 0 Å². The van der Waals surface area contributed by atoms with Crippen molar-refractivity contribution in [2.24, 2.45) is 0 Å². The number of carbonyl (C=O) groups is 1. The molecule has 3 aromatic rings. The molecule has 0 aliphatic heterocycles. The van der Waals surface area contributed by atoms with E-state index in [1.54, 1.807) is 37.3 Å². The van der Waals surface area contributed by atoms with Crippen LogP contribution in [0.25, 0.3) is 11.4 Å². The number of rotatable bonds is 7. The summed E-state index contributed by atoms with van der Waals surface area (Å²) in [5.74, 6) is 0.333. The number of aryl methyl sites for hydroxylation is 1. The molecule has 11 heteroatoms. The third-order valence-corrected chi connectivity index (χ3v) is 5.74. The Morgan fingerprint density at radius 3 is 2.67 bits per heavy atom. The number of halogens is 2. The van der Waals surface area contributed by atoms with Gasteiger partial charge in [-0.1, -0.05) is 41.0 Å². The van der Waals surface area contributed by atoms with Crippen LogP contribution < -0.4 is 5.32 Å². The van der Waals surface area contributed by atoms with Crippen molar-refractivity contribution in [3.63, 3.8) is 0 Å². The van der Waals surface area contributed by atoms with E-state index in [4.69, 9.17) is 23.2 Å². The fourth-order valence-electron chi connectivity index (χ4n) is 2.76. The van der Waals surface area contributed by atoms with Crippen LogP contribution in [0.5, 0.6) is 0 Å². The van der Waals surface area contributed by atoms with Crippen LogP contribution in [0.2, 0.25) is 10.0 Å². The molecule has 0 aliphatic rings. The molecule has 1 amide bonds. The lowest BCUT2D eigenvalue weighted by molar-refractivity contribution is -0.385. The predicted molar refractivity (Wildman–Crippen MR) is 118 cm³/mol. The average molecular weight is 466 g/mol. The summed E-state index contributed by atoms with van der Waals surface area (Å²) in [6, 6.07) is 9.68. The number of hydrogen-bond donors (Lipinski definition) is 1. The number of thioether (sulfide) groups is 1. The Kier molecular flexibility index (Phi) is 6.96. The van der Waals surface area contributed by atoms with Crippen molar-refractivity contribution in [1.29, 1.82) is 0 Å². The van der Waals surface area contributed by atoms with Crippen molar-refractivity contribution in [3.05, 3.63) is 62.1 Å². The Labute approximate surface area is 186 Å². The fraction of sp³-hybridized carbons (Fsp3) is 0.211. The monoisotopic (exact) mass is 465 g/mol. The topological polar surface area (TPSA) is 103 Å². The van der Waals surface area contributed by atoms with Gasteiger partial charge in [0.15, 0.2) is 11.0 Å². The number of nitro groups is 1. The normalized spacial score (nSPS) is 10.8. The second-order valence-electron chi connectivity index (χ2n) is 6.27. The molecule has 1 heterocycles. The Morgan fingerprint density at radius 2 is 2.00 bits per heavy atom. The van der Waals surface area contributed by atoms with E-state index in [1.165, 1.54) is 17.8 Å². The smallest absolute Gasteiger partial charge is 0.274 e. The number of benzene rings is 2. The summed E-state index contributed by atoms with van der Waals surface area (Å²) in [7, 11) is 0. The highest BCUT2D eigenvalue weighted by Gasteiger charge is 2.17. The number of anilines is 1. The van der Waals surface area contributed by atoms with Gasteiger partial charge in [-0.2, -0.15) is 0 Å². The Hall–Kier alpha value is -2.62. The van der Waals surface area contributed by atoms with Gasteiger partial charge in [0.1, 0.15) is 0 Å². The Morgan fingerprint density at radius 1 is 1.23 bits per heavy atom. The highest BCUT2D eigenvalue weighted by atomic mass is 35.5. The summed E-state index contributed by atoms with van der Waals surface area (Å²) >= 11 is 13.5. The largest absolute Gasteiger partial charge is 0.325 e. The fourth-order valence-corrected chi connectivity index (χ4v) is 4.06. The molecule has 1 N–H and O–H groups in total. The van der Waals surface area contributed by atoms with Gasteiger partial charge in [0, 0.05) is 34.4 Å². The highest BCUT2D eigenvalue weighted by molar-refractivity contribution is 7.99. The number of nitro benzene ring substituents is 1. The summed E-state index contributed by atoms with van der Waals surface area (Å²) in [4.78, 5) is 22.9. The number of nitrogens with one attached hydrogen (secondary N) is 1. The van der Waals surface area contributed by atoms with Crippen LogP contribution in [0.1, 0.15) is 12.5 Å². The molecule has 0 bridgehead atoms. The third-order valence-electron chi connectivity index (χ3n) is 4.23. The maximum absolute atomic E-state index is 12.3. The molecule has 0 aliphatic carbocycles. The lowest BCUT2D eigenvalue weighted by Gasteiger charge is -2.09. The van der Waals surface area contributed by atoms with Crippen LogP contribution >= 0.6 is 35.0 Å². The van der Waals surface area contributed by atoms with Crippen LogP contribution in [0, 0.1) is 17.0 Å². The van der Waals surface area contributed by atoms with Crippen molar-refractivity contribution in [2.45, 2.75) is 25.5 Å². The summed E-state index contributed by atoms with van der Waals surface area (Å²) < 4.78 is 1.85. The first-order valence-electron chi connectivity index (χ1n) is 8.86. The molecule has 3 rings (SSSR count). The van der Waals surface area contributed by atoms with Gasteiger partial charge in [-0.3, -0.25) is 14.9 Å². The molecule has 8 nitrogen and oxygen atoms in total. The van der Waals surface area contributed by atoms with Crippen LogP contribution in [-0.4, -0.2) is 31.3 Å². The van der Waals surface area contributed by atoms with E-state index in [0.29, 0.717) is 44.4 Å². The first kappa shape index (κ1) is 22.1. The quantitative estimate of drug-likeness (QED) is 0.291. The molecule has 0 radical (unpaired) electrons. The summed E-state index contributed by atoms with van der Waals surface area (Å²) in [6.45, 7) is 4.16. The molecule has 0 unspecified atom stereocenters. The van der Waals surface area contributed by atoms with Gasteiger partial charge < -0.3 is 9.88 Å².